The minimum atomic E-state index is 0.526. The van der Waals surface area contributed by atoms with Crippen LogP contribution in [0.15, 0.2) is 6.20 Å². The third-order valence-corrected chi connectivity index (χ3v) is 3.81. The molecule has 2 nitrogen and oxygen atoms in total. The molecule has 0 aliphatic heterocycles. The highest BCUT2D eigenvalue weighted by Gasteiger charge is 2.28. The molecule has 0 aromatic carbocycles. The summed E-state index contributed by atoms with van der Waals surface area (Å²) >= 11 is 5.75. The lowest BCUT2D eigenvalue weighted by Gasteiger charge is -2.33. The molecular formula is C12H19ClN2. The number of aromatic amines is 1. The van der Waals surface area contributed by atoms with Crippen LogP contribution >= 0.6 is 11.6 Å². The monoisotopic (exact) mass is 226 g/mol. The van der Waals surface area contributed by atoms with Gasteiger partial charge in [-0.25, -0.2) is 4.98 Å². The summed E-state index contributed by atoms with van der Waals surface area (Å²) in [5.74, 6) is 2.29. The Balaban J connectivity index is 2.01. The smallest absolute Gasteiger partial charge is 0.109 e. The van der Waals surface area contributed by atoms with Crippen LogP contribution in [-0.2, 0) is 5.88 Å². The molecule has 0 atom stereocenters. The minimum absolute atomic E-state index is 0.526. The zero-order valence-corrected chi connectivity index (χ0v) is 10.3. The lowest BCUT2D eigenvalue weighted by molar-refractivity contribution is 0.221. The molecule has 0 bridgehead atoms. The summed E-state index contributed by atoms with van der Waals surface area (Å²) in [5.41, 5.74) is 1.56. The molecule has 2 rings (SSSR count). The molecule has 15 heavy (non-hydrogen) atoms. The van der Waals surface area contributed by atoms with E-state index in [1.54, 1.807) is 0 Å². The molecule has 1 N–H and O–H groups in total. The van der Waals surface area contributed by atoms with Gasteiger partial charge in [0, 0.05) is 17.8 Å². The van der Waals surface area contributed by atoms with Crippen molar-refractivity contribution >= 4 is 11.6 Å². The second-order valence-corrected chi connectivity index (χ2v) is 5.63. The van der Waals surface area contributed by atoms with E-state index >= 15 is 0 Å². The van der Waals surface area contributed by atoms with Crippen LogP contribution in [-0.4, -0.2) is 9.97 Å². The zero-order chi connectivity index (χ0) is 10.9. The van der Waals surface area contributed by atoms with E-state index in [9.17, 15) is 0 Å². The van der Waals surface area contributed by atoms with Gasteiger partial charge in [0.15, 0.2) is 0 Å². The highest BCUT2D eigenvalue weighted by atomic mass is 35.5. The number of aromatic nitrogens is 2. The first-order chi connectivity index (χ1) is 7.11. The molecular weight excluding hydrogens is 208 g/mol. The van der Waals surface area contributed by atoms with E-state index in [0.29, 0.717) is 17.2 Å². The van der Waals surface area contributed by atoms with Crippen LogP contribution in [0.5, 0.6) is 0 Å². The highest BCUT2D eigenvalue weighted by molar-refractivity contribution is 6.16. The van der Waals surface area contributed by atoms with Crippen molar-refractivity contribution in [2.75, 3.05) is 0 Å². The Bertz CT molecular complexity index is 320. The van der Waals surface area contributed by atoms with Gasteiger partial charge in [-0.1, -0.05) is 13.8 Å². The molecule has 0 spiro atoms. The molecule has 1 aromatic rings. The van der Waals surface area contributed by atoms with Crippen LogP contribution in [0.2, 0.25) is 0 Å². The molecule has 3 heteroatoms. The normalized spacial score (nSPS) is 21.8. The Morgan fingerprint density at radius 3 is 2.67 bits per heavy atom. The number of nitrogens with zero attached hydrogens (tertiary/aromatic N) is 1. The lowest BCUT2D eigenvalue weighted by atomic mass is 9.73. The molecule has 0 saturated heterocycles. The molecule has 1 aliphatic rings. The fraction of sp³-hybridized carbons (Fsp3) is 0.750. The predicted octanol–water partition coefficient (Wildman–Crippen LogP) is 3.83. The van der Waals surface area contributed by atoms with E-state index in [0.717, 1.165) is 11.5 Å². The number of rotatable bonds is 2. The minimum Gasteiger partial charge on any atom is -0.345 e. The van der Waals surface area contributed by atoms with Gasteiger partial charge in [-0.2, -0.15) is 0 Å². The van der Waals surface area contributed by atoms with Crippen molar-refractivity contribution in [3.63, 3.8) is 0 Å². The Labute approximate surface area is 96.4 Å². The zero-order valence-electron chi connectivity index (χ0n) is 9.52. The maximum absolute atomic E-state index is 5.75. The number of imidazole rings is 1. The second-order valence-electron chi connectivity index (χ2n) is 5.37. The summed E-state index contributed by atoms with van der Waals surface area (Å²) in [6.07, 6.45) is 6.97. The van der Waals surface area contributed by atoms with Gasteiger partial charge in [0.25, 0.3) is 0 Å². The number of halogens is 1. The van der Waals surface area contributed by atoms with E-state index in [1.807, 2.05) is 6.20 Å². The van der Waals surface area contributed by atoms with Gasteiger partial charge in [0.1, 0.15) is 5.82 Å². The fourth-order valence-electron chi connectivity index (χ4n) is 2.32. The van der Waals surface area contributed by atoms with Crippen LogP contribution in [0.3, 0.4) is 0 Å². The van der Waals surface area contributed by atoms with E-state index in [2.05, 4.69) is 23.8 Å². The van der Waals surface area contributed by atoms with Gasteiger partial charge >= 0.3 is 0 Å². The predicted molar refractivity (Wildman–Crippen MR) is 63.1 cm³/mol. The van der Waals surface area contributed by atoms with Crippen molar-refractivity contribution < 1.29 is 0 Å². The number of hydrogen-bond donors (Lipinski definition) is 1. The molecule has 0 radical (unpaired) electrons. The van der Waals surface area contributed by atoms with Crippen molar-refractivity contribution in [1.82, 2.24) is 9.97 Å². The van der Waals surface area contributed by atoms with Crippen LogP contribution in [0.4, 0.5) is 0 Å². The molecule has 84 valence electrons. The number of hydrogen-bond acceptors (Lipinski definition) is 1. The van der Waals surface area contributed by atoms with Gasteiger partial charge in [-0.05, 0) is 31.1 Å². The van der Waals surface area contributed by atoms with E-state index in [-0.39, 0.29) is 0 Å². The summed E-state index contributed by atoms with van der Waals surface area (Å²) in [6.45, 7) is 4.71. The van der Waals surface area contributed by atoms with Gasteiger partial charge < -0.3 is 4.98 Å². The van der Waals surface area contributed by atoms with Gasteiger partial charge in [-0.15, -0.1) is 11.6 Å². The van der Waals surface area contributed by atoms with E-state index in [4.69, 9.17) is 11.6 Å². The van der Waals surface area contributed by atoms with Gasteiger partial charge in [0.2, 0.25) is 0 Å². The summed E-state index contributed by atoms with van der Waals surface area (Å²) in [7, 11) is 0. The standard InChI is InChI=1S/C12H19ClN2/c1-12(2)5-3-9(4-6-12)11-14-8-10(7-13)15-11/h8-9H,3-7H2,1-2H3,(H,14,15). The van der Waals surface area contributed by atoms with Crippen LogP contribution in [0, 0.1) is 5.41 Å². The average Bonchev–Trinajstić information content (AvgIpc) is 2.66. The van der Waals surface area contributed by atoms with Crippen LogP contribution in [0.25, 0.3) is 0 Å². The van der Waals surface area contributed by atoms with Gasteiger partial charge in [-0.3, -0.25) is 0 Å². The largest absolute Gasteiger partial charge is 0.345 e. The molecule has 1 fully saturated rings. The SMILES string of the molecule is CC1(C)CCC(c2ncc(CCl)[nH]2)CC1. The topological polar surface area (TPSA) is 28.7 Å². The molecule has 1 aromatic heterocycles. The molecule has 1 heterocycles. The molecule has 0 amide bonds. The van der Waals surface area contributed by atoms with Crippen molar-refractivity contribution in [3.05, 3.63) is 17.7 Å². The third-order valence-electron chi connectivity index (χ3n) is 3.52. The summed E-state index contributed by atoms with van der Waals surface area (Å²) in [4.78, 5) is 7.74. The Kier molecular flexibility index (Phi) is 3.06. The molecule has 1 aliphatic carbocycles. The Morgan fingerprint density at radius 2 is 2.13 bits per heavy atom. The van der Waals surface area contributed by atoms with Crippen molar-refractivity contribution in [2.24, 2.45) is 5.41 Å². The number of alkyl halides is 1. The summed E-state index contributed by atoms with van der Waals surface area (Å²) < 4.78 is 0. The highest BCUT2D eigenvalue weighted by Crippen LogP contribution is 2.41. The van der Waals surface area contributed by atoms with Crippen LogP contribution < -0.4 is 0 Å². The first-order valence-electron chi connectivity index (χ1n) is 5.70. The maximum atomic E-state index is 5.75. The Morgan fingerprint density at radius 1 is 1.47 bits per heavy atom. The second kappa shape index (κ2) is 4.17. The van der Waals surface area contributed by atoms with E-state index < -0.39 is 0 Å². The quantitative estimate of drug-likeness (QED) is 0.763. The summed E-state index contributed by atoms with van der Waals surface area (Å²) in [6, 6.07) is 0. The van der Waals surface area contributed by atoms with Crippen molar-refractivity contribution in [2.45, 2.75) is 51.3 Å². The number of nitrogens with one attached hydrogen (secondary N) is 1. The first kappa shape index (κ1) is 11.0. The number of H-pyrrole nitrogens is 1. The van der Waals surface area contributed by atoms with Gasteiger partial charge in [0.05, 0.1) is 5.88 Å². The summed E-state index contributed by atoms with van der Waals surface area (Å²) in [5, 5.41) is 0. The first-order valence-corrected chi connectivity index (χ1v) is 6.24. The van der Waals surface area contributed by atoms with E-state index in [1.165, 1.54) is 25.7 Å². The molecule has 0 unspecified atom stereocenters. The third kappa shape index (κ3) is 2.54. The van der Waals surface area contributed by atoms with Crippen molar-refractivity contribution in [1.29, 1.82) is 0 Å². The molecule has 1 saturated carbocycles. The van der Waals surface area contributed by atoms with Crippen molar-refractivity contribution in [3.8, 4) is 0 Å². The maximum Gasteiger partial charge on any atom is 0.109 e. The van der Waals surface area contributed by atoms with Crippen LogP contribution in [0.1, 0.15) is 57.0 Å². The average molecular weight is 227 g/mol. The lowest BCUT2D eigenvalue weighted by Crippen LogP contribution is -2.20. The fourth-order valence-corrected chi connectivity index (χ4v) is 2.46. The Hall–Kier alpha value is -0.500.